The molecular weight excluding hydrogens is 326 g/mol. The summed E-state index contributed by atoms with van der Waals surface area (Å²) in [6.45, 7) is 1.95. The molecule has 3 rings (SSSR count). The van der Waals surface area contributed by atoms with Gasteiger partial charge in [0, 0.05) is 23.5 Å². The Morgan fingerprint density at radius 1 is 0.920 bits per heavy atom. The Balaban J connectivity index is 1.75. The molecule has 0 aliphatic heterocycles. The fraction of sp³-hybridized carbons (Fsp3) is 0.0556. The van der Waals surface area contributed by atoms with Gasteiger partial charge in [-0.15, -0.1) is 0 Å². The molecule has 25 heavy (non-hydrogen) atoms. The highest BCUT2D eigenvalue weighted by molar-refractivity contribution is 6.03. The van der Waals surface area contributed by atoms with Crippen molar-refractivity contribution in [2.45, 2.75) is 6.92 Å². The van der Waals surface area contributed by atoms with Crippen molar-refractivity contribution in [3.05, 3.63) is 77.8 Å². The zero-order chi connectivity index (χ0) is 17.8. The lowest BCUT2D eigenvalue weighted by Gasteiger charge is -2.08. The van der Waals surface area contributed by atoms with E-state index in [4.69, 9.17) is 0 Å². The van der Waals surface area contributed by atoms with E-state index in [2.05, 4.69) is 20.6 Å². The molecular formula is C18H14F2N4O. The highest BCUT2D eigenvalue weighted by Gasteiger charge is 2.10. The number of carbonyl (C=O) groups excluding carboxylic acids is 1. The second kappa shape index (κ2) is 7.04. The van der Waals surface area contributed by atoms with Crippen LogP contribution in [0.5, 0.6) is 0 Å². The SMILES string of the molecule is Cc1ccc(NC(=O)c2cc(Nc3ccc(F)c(F)c3)ncn2)cc1. The standard InChI is InChI=1S/C18H14F2N4O/c1-11-2-4-12(5-3-11)24-18(25)16-9-17(22-10-21-16)23-13-6-7-14(19)15(20)8-13/h2-10H,1H3,(H,24,25)(H,21,22,23). The number of carbonyl (C=O) groups is 1. The number of nitrogens with one attached hydrogen (secondary N) is 2. The van der Waals surface area contributed by atoms with Gasteiger partial charge in [0.05, 0.1) is 0 Å². The summed E-state index contributed by atoms with van der Waals surface area (Å²) in [6, 6.07) is 12.1. The summed E-state index contributed by atoms with van der Waals surface area (Å²) in [5, 5.41) is 5.53. The third-order valence-corrected chi connectivity index (χ3v) is 3.40. The first kappa shape index (κ1) is 16.5. The number of aryl methyl sites for hydroxylation is 1. The molecule has 0 atom stereocenters. The number of benzene rings is 2. The maximum absolute atomic E-state index is 13.2. The quantitative estimate of drug-likeness (QED) is 0.752. The van der Waals surface area contributed by atoms with E-state index in [9.17, 15) is 13.6 Å². The molecule has 126 valence electrons. The van der Waals surface area contributed by atoms with Crippen molar-refractivity contribution in [2.24, 2.45) is 0 Å². The van der Waals surface area contributed by atoms with Crippen LogP contribution in [-0.4, -0.2) is 15.9 Å². The first-order valence-corrected chi connectivity index (χ1v) is 7.43. The normalized spacial score (nSPS) is 10.4. The van der Waals surface area contributed by atoms with E-state index in [0.717, 1.165) is 17.7 Å². The Labute approximate surface area is 142 Å². The Kier molecular flexibility index (Phi) is 4.65. The molecule has 0 fully saturated rings. The van der Waals surface area contributed by atoms with Crippen LogP contribution < -0.4 is 10.6 Å². The van der Waals surface area contributed by atoms with Crippen LogP contribution in [0.15, 0.2) is 54.9 Å². The van der Waals surface area contributed by atoms with Crippen LogP contribution in [0.2, 0.25) is 0 Å². The van der Waals surface area contributed by atoms with Gasteiger partial charge in [0.2, 0.25) is 0 Å². The minimum absolute atomic E-state index is 0.139. The minimum Gasteiger partial charge on any atom is -0.340 e. The van der Waals surface area contributed by atoms with Crippen LogP contribution >= 0.6 is 0 Å². The molecule has 1 amide bonds. The molecule has 1 heterocycles. The lowest BCUT2D eigenvalue weighted by atomic mass is 10.2. The van der Waals surface area contributed by atoms with Crippen LogP contribution in [0.1, 0.15) is 16.1 Å². The smallest absolute Gasteiger partial charge is 0.274 e. The Morgan fingerprint density at radius 3 is 2.36 bits per heavy atom. The van der Waals surface area contributed by atoms with Gasteiger partial charge in [-0.2, -0.15) is 0 Å². The molecule has 0 bridgehead atoms. The van der Waals surface area contributed by atoms with Crippen molar-refractivity contribution in [2.75, 3.05) is 10.6 Å². The van der Waals surface area contributed by atoms with Crippen molar-refractivity contribution >= 4 is 23.1 Å². The second-order valence-corrected chi connectivity index (χ2v) is 5.36. The van der Waals surface area contributed by atoms with E-state index >= 15 is 0 Å². The summed E-state index contributed by atoms with van der Waals surface area (Å²) in [7, 11) is 0. The van der Waals surface area contributed by atoms with E-state index in [1.165, 1.54) is 18.5 Å². The number of halogens is 2. The van der Waals surface area contributed by atoms with Gasteiger partial charge in [-0.3, -0.25) is 4.79 Å². The van der Waals surface area contributed by atoms with Gasteiger partial charge in [-0.25, -0.2) is 18.7 Å². The second-order valence-electron chi connectivity index (χ2n) is 5.36. The van der Waals surface area contributed by atoms with E-state index in [0.29, 0.717) is 11.4 Å². The fourth-order valence-corrected chi connectivity index (χ4v) is 2.10. The van der Waals surface area contributed by atoms with Gasteiger partial charge in [0.1, 0.15) is 17.8 Å². The van der Waals surface area contributed by atoms with Crippen LogP contribution in [0.4, 0.5) is 26.0 Å². The Morgan fingerprint density at radius 2 is 1.64 bits per heavy atom. The lowest BCUT2D eigenvalue weighted by Crippen LogP contribution is -2.14. The van der Waals surface area contributed by atoms with E-state index in [1.54, 1.807) is 12.1 Å². The molecule has 5 nitrogen and oxygen atoms in total. The van der Waals surface area contributed by atoms with Crippen LogP contribution in [0.3, 0.4) is 0 Å². The number of rotatable bonds is 4. The first-order chi connectivity index (χ1) is 12.0. The summed E-state index contributed by atoms with van der Waals surface area (Å²) in [5.74, 6) is -2.03. The Hall–Kier alpha value is -3.35. The number of hydrogen-bond donors (Lipinski definition) is 2. The predicted molar refractivity (Wildman–Crippen MR) is 90.8 cm³/mol. The minimum atomic E-state index is -0.976. The lowest BCUT2D eigenvalue weighted by molar-refractivity contribution is 0.102. The highest BCUT2D eigenvalue weighted by atomic mass is 19.2. The number of hydrogen-bond acceptors (Lipinski definition) is 4. The fourth-order valence-electron chi connectivity index (χ4n) is 2.10. The first-order valence-electron chi connectivity index (χ1n) is 7.43. The summed E-state index contributed by atoms with van der Waals surface area (Å²) in [6.07, 6.45) is 1.21. The van der Waals surface area contributed by atoms with Crippen molar-refractivity contribution in [1.29, 1.82) is 0 Å². The average Bonchev–Trinajstić information content (AvgIpc) is 2.60. The van der Waals surface area contributed by atoms with Crippen molar-refractivity contribution < 1.29 is 13.6 Å². The largest absolute Gasteiger partial charge is 0.340 e. The average molecular weight is 340 g/mol. The van der Waals surface area contributed by atoms with E-state index in [-0.39, 0.29) is 11.5 Å². The summed E-state index contributed by atoms with van der Waals surface area (Å²) < 4.78 is 26.2. The van der Waals surface area contributed by atoms with Gasteiger partial charge < -0.3 is 10.6 Å². The third kappa shape index (κ3) is 4.14. The predicted octanol–water partition coefficient (Wildman–Crippen LogP) is 4.06. The van der Waals surface area contributed by atoms with Gasteiger partial charge in [0.15, 0.2) is 11.6 Å². The molecule has 0 saturated heterocycles. The molecule has 7 heteroatoms. The zero-order valence-corrected chi connectivity index (χ0v) is 13.3. The molecule has 2 N–H and O–H groups in total. The summed E-state index contributed by atoms with van der Waals surface area (Å²) >= 11 is 0. The maximum Gasteiger partial charge on any atom is 0.274 e. The molecule has 0 spiro atoms. The third-order valence-electron chi connectivity index (χ3n) is 3.40. The van der Waals surface area contributed by atoms with Crippen molar-refractivity contribution in [3.8, 4) is 0 Å². The van der Waals surface area contributed by atoms with Crippen LogP contribution in [-0.2, 0) is 0 Å². The number of aromatic nitrogens is 2. The molecule has 0 unspecified atom stereocenters. The summed E-state index contributed by atoms with van der Waals surface area (Å²) in [5.41, 5.74) is 2.17. The van der Waals surface area contributed by atoms with Crippen LogP contribution in [0.25, 0.3) is 0 Å². The zero-order valence-electron chi connectivity index (χ0n) is 13.3. The molecule has 0 aliphatic rings. The van der Waals surface area contributed by atoms with Crippen LogP contribution in [0, 0.1) is 18.6 Å². The van der Waals surface area contributed by atoms with Gasteiger partial charge >= 0.3 is 0 Å². The van der Waals surface area contributed by atoms with E-state index in [1.807, 2.05) is 19.1 Å². The Bertz CT molecular complexity index is 913. The van der Waals surface area contributed by atoms with E-state index < -0.39 is 17.5 Å². The molecule has 1 aromatic heterocycles. The van der Waals surface area contributed by atoms with Crippen molar-refractivity contribution in [3.63, 3.8) is 0 Å². The monoisotopic (exact) mass is 340 g/mol. The number of amides is 1. The number of nitrogens with zero attached hydrogens (tertiary/aromatic N) is 2. The summed E-state index contributed by atoms with van der Waals surface area (Å²) in [4.78, 5) is 20.2. The molecule has 0 radical (unpaired) electrons. The van der Waals surface area contributed by atoms with Gasteiger partial charge in [-0.1, -0.05) is 17.7 Å². The molecule has 0 aliphatic carbocycles. The molecule has 2 aromatic carbocycles. The topological polar surface area (TPSA) is 66.9 Å². The molecule has 3 aromatic rings. The highest BCUT2D eigenvalue weighted by Crippen LogP contribution is 2.18. The van der Waals surface area contributed by atoms with Crippen molar-refractivity contribution in [1.82, 2.24) is 9.97 Å². The maximum atomic E-state index is 13.2. The molecule has 0 saturated carbocycles. The number of anilines is 3. The van der Waals surface area contributed by atoms with Gasteiger partial charge in [-0.05, 0) is 31.2 Å². The van der Waals surface area contributed by atoms with Gasteiger partial charge in [0.25, 0.3) is 5.91 Å².